The fourth-order valence-corrected chi connectivity index (χ4v) is 5.57. The zero-order valence-electron chi connectivity index (χ0n) is 13.7. The minimum Gasteiger partial charge on any atom is -0.287 e. The van der Waals surface area contributed by atoms with Crippen LogP contribution in [0.1, 0.15) is 30.2 Å². The molecule has 0 amide bonds. The summed E-state index contributed by atoms with van der Waals surface area (Å²) in [5.41, 5.74) is 1.41. The van der Waals surface area contributed by atoms with Crippen molar-refractivity contribution in [2.45, 2.75) is 50.9 Å². The number of thiophene rings is 1. The molecule has 24 heavy (non-hydrogen) atoms. The number of hydrogen-bond donors (Lipinski definition) is 0. The molecule has 3 heterocycles. The number of aromatic nitrogens is 4. The average Bonchev–Trinajstić information content (AvgIpc) is 3.22. The van der Waals surface area contributed by atoms with Gasteiger partial charge in [0.2, 0.25) is 0 Å². The van der Waals surface area contributed by atoms with Crippen molar-refractivity contribution in [3.8, 4) is 0 Å². The first-order valence-electron chi connectivity index (χ1n) is 8.43. The van der Waals surface area contributed by atoms with Gasteiger partial charge in [0.15, 0.2) is 5.16 Å². The Labute approximate surface area is 148 Å². The quantitative estimate of drug-likeness (QED) is 0.517. The van der Waals surface area contributed by atoms with Gasteiger partial charge in [0.1, 0.15) is 4.83 Å². The second kappa shape index (κ2) is 6.72. The molecule has 0 fully saturated rings. The van der Waals surface area contributed by atoms with Crippen molar-refractivity contribution < 1.29 is 0 Å². The Bertz CT molecular complexity index is 911. The van der Waals surface area contributed by atoms with Gasteiger partial charge in [-0.15, -0.1) is 11.3 Å². The monoisotopic (exact) mass is 360 g/mol. The number of aryl methyl sites for hydroxylation is 3. The summed E-state index contributed by atoms with van der Waals surface area (Å²) >= 11 is 3.37. The molecule has 3 aromatic rings. The van der Waals surface area contributed by atoms with Gasteiger partial charge in [-0.1, -0.05) is 11.8 Å². The summed E-state index contributed by atoms with van der Waals surface area (Å²) in [5.74, 6) is 0.852. The predicted molar refractivity (Wildman–Crippen MR) is 99.1 cm³/mol. The smallest absolute Gasteiger partial charge is 0.263 e. The minimum atomic E-state index is 0.142. The van der Waals surface area contributed by atoms with Crippen molar-refractivity contribution in [2.24, 2.45) is 0 Å². The molecule has 126 valence electrons. The van der Waals surface area contributed by atoms with E-state index in [2.05, 4.69) is 5.10 Å². The summed E-state index contributed by atoms with van der Waals surface area (Å²) in [4.78, 5) is 20.2. The van der Waals surface area contributed by atoms with Gasteiger partial charge in [-0.05, 0) is 44.2 Å². The molecule has 0 N–H and O–H groups in total. The number of fused-ring (bicyclic) bond motifs is 3. The summed E-state index contributed by atoms with van der Waals surface area (Å²) in [7, 11) is 0. The van der Waals surface area contributed by atoms with E-state index in [1.165, 1.54) is 23.3 Å². The number of nitrogens with zero attached hydrogens (tertiary/aromatic N) is 4. The Morgan fingerprint density at radius 3 is 3.00 bits per heavy atom. The SMILES string of the molecule is CCn1c(SCCn2cccn2)nc2sc3c(c2c1=O)CCCC3. The molecule has 1 aliphatic carbocycles. The van der Waals surface area contributed by atoms with Crippen LogP contribution in [0, 0.1) is 0 Å². The topological polar surface area (TPSA) is 52.7 Å². The van der Waals surface area contributed by atoms with Gasteiger partial charge in [-0.3, -0.25) is 14.0 Å². The molecule has 0 radical (unpaired) electrons. The van der Waals surface area contributed by atoms with E-state index in [1.54, 1.807) is 29.3 Å². The van der Waals surface area contributed by atoms with Crippen LogP contribution in [-0.4, -0.2) is 25.1 Å². The lowest BCUT2D eigenvalue weighted by Gasteiger charge is -2.12. The first kappa shape index (κ1) is 15.9. The van der Waals surface area contributed by atoms with E-state index in [1.807, 2.05) is 28.4 Å². The predicted octanol–water partition coefficient (Wildman–Crippen LogP) is 3.35. The first-order chi connectivity index (χ1) is 11.8. The zero-order valence-corrected chi connectivity index (χ0v) is 15.3. The Morgan fingerprint density at radius 2 is 2.21 bits per heavy atom. The maximum Gasteiger partial charge on any atom is 0.263 e. The standard InChI is InChI=1S/C17H20N4OS2/c1-2-21-16(22)14-12-6-3-4-7-13(12)24-15(14)19-17(21)23-11-10-20-9-5-8-18-20/h5,8-9H,2-4,6-7,10-11H2,1H3. The highest BCUT2D eigenvalue weighted by atomic mass is 32.2. The average molecular weight is 361 g/mol. The van der Waals surface area contributed by atoms with E-state index < -0.39 is 0 Å². The lowest BCUT2D eigenvalue weighted by molar-refractivity contribution is 0.629. The van der Waals surface area contributed by atoms with Crippen LogP contribution in [0.5, 0.6) is 0 Å². The highest BCUT2D eigenvalue weighted by Crippen LogP contribution is 2.34. The first-order valence-corrected chi connectivity index (χ1v) is 10.2. The molecule has 0 bridgehead atoms. The number of thioether (sulfide) groups is 1. The van der Waals surface area contributed by atoms with E-state index in [-0.39, 0.29) is 5.56 Å². The van der Waals surface area contributed by atoms with Crippen molar-refractivity contribution in [3.63, 3.8) is 0 Å². The normalized spacial score (nSPS) is 14.2. The van der Waals surface area contributed by atoms with Gasteiger partial charge in [-0.2, -0.15) is 5.10 Å². The highest BCUT2D eigenvalue weighted by molar-refractivity contribution is 7.99. The maximum absolute atomic E-state index is 13.0. The third-order valence-corrected chi connectivity index (χ3v) is 6.61. The Balaban J connectivity index is 1.68. The van der Waals surface area contributed by atoms with Crippen molar-refractivity contribution in [1.29, 1.82) is 0 Å². The summed E-state index contributed by atoms with van der Waals surface area (Å²) in [6, 6.07) is 1.92. The molecule has 1 aliphatic rings. The molecule has 3 aromatic heterocycles. The molecular formula is C17H20N4OS2. The molecule has 0 aromatic carbocycles. The van der Waals surface area contributed by atoms with Gasteiger partial charge in [0, 0.05) is 29.6 Å². The van der Waals surface area contributed by atoms with Crippen LogP contribution in [0.2, 0.25) is 0 Å². The minimum absolute atomic E-state index is 0.142. The molecular weight excluding hydrogens is 340 g/mol. The second-order valence-electron chi connectivity index (χ2n) is 5.95. The Kier molecular flexibility index (Phi) is 4.45. The zero-order chi connectivity index (χ0) is 16.5. The molecule has 5 nitrogen and oxygen atoms in total. The van der Waals surface area contributed by atoms with Crippen molar-refractivity contribution >= 4 is 33.3 Å². The molecule has 0 spiro atoms. The number of hydrogen-bond acceptors (Lipinski definition) is 5. The third kappa shape index (κ3) is 2.80. The summed E-state index contributed by atoms with van der Waals surface area (Å²) in [6.45, 7) is 3.50. The van der Waals surface area contributed by atoms with Crippen molar-refractivity contribution in [3.05, 3.63) is 39.3 Å². The van der Waals surface area contributed by atoms with E-state index in [0.717, 1.165) is 40.5 Å². The van der Waals surface area contributed by atoms with Gasteiger partial charge >= 0.3 is 0 Å². The van der Waals surface area contributed by atoms with Crippen molar-refractivity contribution in [2.75, 3.05) is 5.75 Å². The van der Waals surface area contributed by atoms with Crippen LogP contribution in [0.15, 0.2) is 28.4 Å². The van der Waals surface area contributed by atoms with Crippen LogP contribution in [0.25, 0.3) is 10.2 Å². The second-order valence-corrected chi connectivity index (χ2v) is 8.10. The van der Waals surface area contributed by atoms with E-state index in [9.17, 15) is 4.79 Å². The van der Waals surface area contributed by atoms with Crippen molar-refractivity contribution in [1.82, 2.24) is 19.3 Å². The van der Waals surface area contributed by atoms with Gasteiger partial charge in [-0.25, -0.2) is 4.98 Å². The molecule has 0 atom stereocenters. The summed E-state index contributed by atoms with van der Waals surface area (Å²) in [5, 5.41) is 5.93. The largest absolute Gasteiger partial charge is 0.287 e. The Morgan fingerprint density at radius 1 is 1.33 bits per heavy atom. The van der Waals surface area contributed by atoms with Crippen LogP contribution >= 0.6 is 23.1 Å². The van der Waals surface area contributed by atoms with Gasteiger partial charge < -0.3 is 0 Å². The van der Waals surface area contributed by atoms with E-state index in [0.29, 0.717) is 6.54 Å². The molecule has 0 unspecified atom stereocenters. The Hall–Kier alpha value is -1.60. The highest BCUT2D eigenvalue weighted by Gasteiger charge is 2.21. The van der Waals surface area contributed by atoms with Gasteiger partial charge in [0.25, 0.3) is 5.56 Å². The maximum atomic E-state index is 13.0. The van der Waals surface area contributed by atoms with E-state index >= 15 is 0 Å². The molecule has 0 saturated carbocycles. The molecule has 0 saturated heterocycles. The van der Waals surface area contributed by atoms with Crippen LogP contribution in [-0.2, 0) is 25.9 Å². The summed E-state index contributed by atoms with van der Waals surface area (Å²) < 4.78 is 3.74. The molecule has 4 rings (SSSR count). The molecule has 7 heteroatoms. The fraction of sp³-hybridized carbons (Fsp3) is 0.471. The lowest BCUT2D eigenvalue weighted by atomic mass is 9.97. The van der Waals surface area contributed by atoms with Crippen LogP contribution in [0.4, 0.5) is 0 Å². The fourth-order valence-electron chi connectivity index (χ4n) is 3.27. The van der Waals surface area contributed by atoms with Gasteiger partial charge in [0.05, 0.1) is 11.9 Å². The number of rotatable bonds is 5. The third-order valence-electron chi connectivity index (χ3n) is 4.47. The van der Waals surface area contributed by atoms with E-state index in [4.69, 9.17) is 4.98 Å². The van der Waals surface area contributed by atoms with Crippen LogP contribution < -0.4 is 5.56 Å². The molecule has 0 aliphatic heterocycles. The summed E-state index contributed by atoms with van der Waals surface area (Å²) in [6.07, 6.45) is 8.29. The van der Waals surface area contributed by atoms with Crippen LogP contribution in [0.3, 0.4) is 0 Å². The lowest BCUT2D eigenvalue weighted by Crippen LogP contribution is -2.23.